The summed E-state index contributed by atoms with van der Waals surface area (Å²) in [6, 6.07) is 1.90. The molecule has 0 saturated carbocycles. The van der Waals surface area contributed by atoms with Gasteiger partial charge in [0, 0.05) is 4.47 Å². The van der Waals surface area contributed by atoms with Gasteiger partial charge >= 0.3 is 0 Å². The molecule has 1 aromatic rings. The molecule has 1 aliphatic heterocycles. The Kier molecular flexibility index (Phi) is 3.59. The van der Waals surface area contributed by atoms with Crippen molar-refractivity contribution < 1.29 is 8.42 Å². The fraction of sp³-hybridized carbons (Fsp3) is 0.600. The Morgan fingerprint density at radius 2 is 2.31 bits per heavy atom. The molecule has 0 spiro atoms. The number of nitrogens with zero attached hydrogens (tertiary/aromatic N) is 2. The Morgan fingerprint density at radius 1 is 1.50 bits per heavy atom. The third-order valence-corrected chi connectivity index (χ3v) is 5.05. The highest BCUT2D eigenvalue weighted by Crippen LogP contribution is 2.22. The second-order valence-electron chi connectivity index (χ2n) is 4.19. The average molecular weight is 305 g/mol. The van der Waals surface area contributed by atoms with Gasteiger partial charge in [0.25, 0.3) is 0 Å². The first kappa shape index (κ1) is 12.0. The molecule has 1 fully saturated rings. The Labute approximate surface area is 104 Å². The standard InChI is InChI=1S/C10H13BrN2O2S/c11-9-5-10(13-12-6-9)4-8-2-1-3-16(14,15)7-8/h5-6,8H,1-4,7H2. The van der Waals surface area contributed by atoms with Crippen molar-refractivity contribution in [3.05, 3.63) is 22.4 Å². The van der Waals surface area contributed by atoms with E-state index in [1.807, 2.05) is 6.07 Å². The van der Waals surface area contributed by atoms with E-state index in [0.29, 0.717) is 17.9 Å². The van der Waals surface area contributed by atoms with Gasteiger partial charge in [-0.3, -0.25) is 0 Å². The molecule has 1 atom stereocenters. The van der Waals surface area contributed by atoms with Crippen molar-refractivity contribution in [3.8, 4) is 0 Å². The van der Waals surface area contributed by atoms with Crippen LogP contribution in [0.1, 0.15) is 18.5 Å². The van der Waals surface area contributed by atoms with Crippen molar-refractivity contribution in [2.24, 2.45) is 5.92 Å². The molecule has 1 unspecified atom stereocenters. The summed E-state index contributed by atoms with van der Waals surface area (Å²) < 4.78 is 23.8. The summed E-state index contributed by atoms with van der Waals surface area (Å²) in [6.45, 7) is 0. The Hall–Kier alpha value is -0.490. The van der Waals surface area contributed by atoms with Crippen LogP contribution in [0.25, 0.3) is 0 Å². The Morgan fingerprint density at radius 3 is 3.00 bits per heavy atom. The van der Waals surface area contributed by atoms with Gasteiger partial charge in [0.2, 0.25) is 0 Å². The van der Waals surface area contributed by atoms with Crippen molar-refractivity contribution >= 4 is 25.8 Å². The molecule has 16 heavy (non-hydrogen) atoms. The molecule has 2 rings (SSSR count). The van der Waals surface area contributed by atoms with Crippen LogP contribution >= 0.6 is 15.9 Å². The van der Waals surface area contributed by atoms with E-state index in [9.17, 15) is 8.42 Å². The van der Waals surface area contributed by atoms with Gasteiger partial charge in [0.05, 0.1) is 23.4 Å². The van der Waals surface area contributed by atoms with Gasteiger partial charge in [-0.2, -0.15) is 10.2 Å². The summed E-state index contributed by atoms with van der Waals surface area (Å²) in [6.07, 6.45) is 4.06. The topological polar surface area (TPSA) is 59.9 Å². The SMILES string of the molecule is O=S1(=O)CCCC(Cc2cc(Br)cnn2)C1. The molecule has 0 radical (unpaired) electrons. The lowest BCUT2D eigenvalue weighted by atomic mass is 9.99. The monoisotopic (exact) mass is 304 g/mol. The van der Waals surface area contributed by atoms with Crippen LogP contribution in [0.2, 0.25) is 0 Å². The van der Waals surface area contributed by atoms with Crippen molar-refractivity contribution in [1.82, 2.24) is 10.2 Å². The highest BCUT2D eigenvalue weighted by molar-refractivity contribution is 9.10. The smallest absolute Gasteiger partial charge is 0.150 e. The molecule has 6 heteroatoms. The molecule has 1 saturated heterocycles. The van der Waals surface area contributed by atoms with Gasteiger partial charge in [-0.05, 0) is 47.2 Å². The van der Waals surface area contributed by atoms with E-state index in [2.05, 4.69) is 26.1 Å². The highest BCUT2D eigenvalue weighted by atomic mass is 79.9. The lowest BCUT2D eigenvalue weighted by Crippen LogP contribution is -2.26. The zero-order valence-electron chi connectivity index (χ0n) is 8.76. The molecule has 1 aliphatic rings. The van der Waals surface area contributed by atoms with Crippen molar-refractivity contribution in [2.45, 2.75) is 19.3 Å². The Balaban J connectivity index is 2.05. The zero-order valence-corrected chi connectivity index (χ0v) is 11.2. The molecule has 0 N–H and O–H groups in total. The van der Waals surface area contributed by atoms with E-state index in [4.69, 9.17) is 0 Å². The number of hydrogen-bond acceptors (Lipinski definition) is 4. The normalized spacial score (nSPS) is 24.2. The second kappa shape index (κ2) is 4.79. The lowest BCUT2D eigenvalue weighted by Gasteiger charge is -2.21. The van der Waals surface area contributed by atoms with E-state index in [1.165, 1.54) is 0 Å². The summed E-state index contributed by atoms with van der Waals surface area (Å²) >= 11 is 3.33. The lowest BCUT2D eigenvalue weighted by molar-refractivity contribution is 0.478. The predicted octanol–water partition coefficient (Wildman–Crippen LogP) is 1.61. The molecule has 2 heterocycles. The van der Waals surface area contributed by atoms with Crippen molar-refractivity contribution in [2.75, 3.05) is 11.5 Å². The van der Waals surface area contributed by atoms with E-state index in [1.54, 1.807) is 6.20 Å². The molecule has 0 aromatic carbocycles. The number of aromatic nitrogens is 2. The Bertz CT molecular complexity index is 475. The summed E-state index contributed by atoms with van der Waals surface area (Å²) in [5.41, 5.74) is 0.858. The van der Waals surface area contributed by atoms with Crippen LogP contribution < -0.4 is 0 Å². The van der Waals surface area contributed by atoms with E-state index in [0.717, 1.165) is 23.0 Å². The number of hydrogen-bond donors (Lipinski definition) is 0. The molecule has 4 nitrogen and oxygen atoms in total. The minimum atomic E-state index is -2.82. The van der Waals surface area contributed by atoms with E-state index in [-0.39, 0.29) is 5.92 Å². The van der Waals surface area contributed by atoms with E-state index >= 15 is 0 Å². The van der Waals surface area contributed by atoms with Crippen LogP contribution in [0.5, 0.6) is 0 Å². The van der Waals surface area contributed by atoms with Crippen LogP contribution in [0.4, 0.5) is 0 Å². The van der Waals surface area contributed by atoms with Crippen LogP contribution in [0.15, 0.2) is 16.7 Å². The van der Waals surface area contributed by atoms with Crippen LogP contribution in [-0.4, -0.2) is 30.1 Å². The quantitative estimate of drug-likeness (QED) is 0.833. The van der Waals surface area contributed by atoms with Crippen LogP contribution in [0.3, 0.4) is 0 Å². The second-order valence-corrected chi connectivity index (χ2v) is 7.34. The molecule has 0 amide bonds. The fourth-order valence-corrected chi connectivity index (χ4v) is 4.19. The molecule has 88 valence electrons. The van der Waals surface area contributed by atoms with Crippen LogP contribution in [-0.2, 0) is 16.3 Å². The van der Waals surface area contributed by atoms with Crippen molar-refractivity contribution in [3.63, 3.8) is 0 Å². The van der Waals surface area contributed by atoms with Crippen LogP contribution in [0, 0.1) is 5.92 Å². The minimum absolute atomic E-state index is 0.197. The maximum atomic E-state index is 11.5. The number of halogens is 1. The van der Waals surface area contributed by atoms with Gasteiger partial charge in [-0.1, -0.05) is 0 Å². The molecule has 1 aromatic heterocycles. The summed E-state index contributed by atoms with van der Waals surface area (Å²) in [4.78, 5) is 0. The van der Waals surface area contributed by atoms with Gasteiger partial charge in [-0.15, -0.1) is 0 Å². The first-order valence-electron chi connectivity index (χ1n) is 5.23. The molecule has 0 aliphatic carbocycles. The summed E-state index contributed by atoms with van der Waals surface area (Å²) in [7, 11) is -2.82. The van der Waals surface area contributed by atoms with Crippen molar-refractivity contribution in [1.29, 1.82) is 0 Å². The molecule has 0 bridgehead atoms. The average Bonchev–Trinajstić information content (AvgIpc) is 2.15. The third kappa shape index (κ3) is 3.25. The first-order chi connectivity index (χ1) is 7.55. The summed E-state index contributed by atoms with van der Waals surface area (Å²) in [5.74, 6) is 0.830. The summed E-state index contributed by atoms with van der Waals surface area (Å²) in [5, 5.41) is 7.85. The van der Waals surface area contributed by atoms with Gasteiger partial charge < -0.3 is 0 Å². The maximum absolute atomic E-state index is 11.5. The van der Waals surface area contributed by atoms with Gasteiger partial charge in [0.1, 0.15) is 0 Å². The molecular weight excluding hydrogens is 292 g/mol. The fourth-order valence-electron chi connectivity index (χ4n) is 2.06. The molecular formula is C10H13BrN2O2S. The largest absolute Gasteiger partial charge is 0.229 e. The maximum Gasteiger partial charge on any atom is 0.150 e. The third-order valence-electron chi connectivity index (χ3n) is 2.73. The van der Waals surface area contributed by atoms with E-state index < -0.39 is 9.84 Å². The number of rotatable bonds is 2. The number of sulfone groups is 1. The highest BCUT2D eigenvalue weighted by Gasteiger charge is 2.25. The predicted molar refractivity (Wildman–Crippen MR) is 64.8 cm³/mol. The minimum Gasteiger partial charge on any atom is -0.229 e. The zero-order chi connectivity index (χ0) is 11.6. The van der Waals surface area contributed by atoms with Gasteiger partial charge in [-0.25, -0.2) is 8.42 Å². The van der Waals surface area contributed by atoms with Gasteiger partial charge in [0.15, 0.2) is 9.84 Å². The first-order valence-corrected chi connectivity index (χ1v) is 7.84.